The Morgan fingerprint density at radius 2 is 1.67 bits per heavy atom. The van der Waals surface area contributed by atoms with Gasteiger partial charge in [0.2, 0.25) is 0 Å². The Bertz CT molecular complexity index is 1060. The van der Waals surface area contributed by atoms with E-state index in [2.05, 4.69) is 5.32 Å². The minimum Gasteiger partial charge on any atom is -0.462 e. The minimum absolute atomic E-state index is 0.0464. The zero-order chi connectivity index (χ0) is 21.9. The van der Waals surface area contributed by atoms with Gasteiger partial charge in [0.15, 0.2) is 0 Å². The highest BCUT2D eigenvalue weighted by atomic mass is 32.1. The van der Waals surface area contributed by atoms with Gasteiger partial charge in [-0.3, -0.25) is 4.79 Å². The molecule has 0 aliphatic carbocycles. The molecule has 0 bridgehead atoms. The van der Waals surface area contributed by atoms with Crippen LogP contribution in [0.4, 0.5) is 18.2 Å². The fraction of sp³-hybridized carbons (Fsp3) is 0.182. The summed E-state index contributed by atoms with van der Waals surface area (Å²) in [6.45, 7) is 3.66. The van der Waals surface area contributed by atoms with E-state index in [0.29, 0.717) is 5.56 Å². The fourth-order valence-electron chi connectivity index (χ4n) is 2.97. The predicted molar refractivity (Wildman–Crippen MR) is 110 cm³/mol. The Labute approximate surface area is 175 Å². The maximum atomic E-state index is 12.7. The first-order valence-corrected chi connectivity index (χ1v) is 9.88. The zero-order valence-corrected chi connectivity index (χ0v) is 17.0. The lowest BCUT2D eigenvalue weighted by molar-refractivity contribution is -0.137. The van der Waals surface area contributed by atoms with Crippen molar-refractivity contribution < 1.29 is 27.5 Å². The molecule has 0 saturated carbocycles. The lowest BCUT2D eigenvalue weighted by atomic mass is 10.0. The molecule has 0 aliphatic heterocycles. The average Bonchev–Trinajstić information content (AvgIpc) is 3.04. The van der Waals surface area contributed by atoms with Crippen LogP contribution in [0.5, 0.6) is 0 Å². The summed E-state index contributed by atoms with van der Waals surface area (Å²) >= 11 is 1.21. The predicted octanol–water partition coefficient (Wildman–Crippen LogP) is 6.17. The van der Waals surface area contributed by atoms with Crippen molar-refractivity contribution in [2.75, 3.05) is 11.9 Å². The van der Waals surface area contributed by atoms with Crippen molar-refractivity contribution >= 4 is 28.2 Å². The van der Waals surface area contributed by atoms with Crippen LogP contribution >= 0.6 is 11.3 Å². The Morgan fingerprint density at radius 3 is 2.23 bits per heavy atom. The number of amides is 1. The lowest BCUT2D eigenvalue weighted by Crippen LogP contribution is -2.15. The Balaban J connectivity index is 1.97. The van der Waals surface area contributed by atoms with Crippen LogP contribution in [-0.2, 0) is 10.9 Å². The van der Waals surface area contributed by atoms with E-state index in [-0.39, 0.29) is 22.7 Å². The summed E-state index contributed by atoms with van der Waals surface area (Å²) in [7, 11) is 0. The molecule has 1 aromatic heterocycles. The van der Waals surface area contributed by atoms with Crippen molar-refractivity contribution in [2.24, 2.45) is 0 Å². The summed E-state index contributed by atoms with van der Waals surface area (Å²) in [6.07, 6.45) is -4.48. The Hall–Kier alpha value is -3.13. The van der Waals surface area contributed by atoms with Crippen LogP contribution < -0.4 is 5.32 Å². The van der Waals surface area contributed by atoms with Gasteiger partial charge in [-0.15, -0.1) is 11.3 Å². The molecule has 0 saturated heterocycles. The molecule has 1 amide bonds. The van der Waals surface area contributed by atoms with Gasteiger partial charge in [-0.2, -0.15) is 13.2 Å². The number of thiophene rings is 1. The number of anilines is 1. The van der Waals surface area contributed by atoms with Crippen LogP contribution in [0.3, 0.4) is 0 Å². The molecular weight excluding hydrogens is 415 g/mol. The monoisotopic (exact) mass is 433 g/mol. The van der Waals surface area contributed by atoms with Gasteiger partial charge < -0.3 is 10.1 Å². The highest BCUT2D eigenvalue weighted by Crippen LogP contribution is 2.40. The minimum atomic E-state index is -4.48. The molecule has 8 heteroatoms. The van der Waals surface area contributed by atoms with Gasteiger partial charge in [0.05, 0.1) is 12.2 Å². The van der Waals surface area contributed by atoms with Gasteiger partial charge >= 0.3 is 12.1 Å². The molecule has 2 aromatic carbocycles. The van der Waals surface area contributed by atoms with Crippen LogP contribution in [0, 0.1) is 6.92 Å². The van der Waals surface area contributed by atoms with Crippen molar-refractivity contribution in [1.82, 2.24) is 0 Å². The van der Waals surface area contributed by atoms with Crippen molar-refractivity contribution in [3.8, 4) is 11.1 Å². The lowest BCUT2D eigenvalue weighted by Gasteiger charge is -2.10. The van der Waals surface area contributed by atoms with Crippen molar-refractivity contribution in [1.29, 1.82) is 0 Å². The van der Waals surface area contributed by atoms with E-state index >= 15 is 0 Å². The number of nitrogens with one attached hydrogen (secondary N) is 1. The molecule has 0 radical (unpaired) electrons. The number of esters is 1. The summed E-state index contributed by atoms with van der Waals surface area (Å²) in [6, 6.07) is 13.1. The number of rotatable bonds is 5. The fourth-order valence-corrected chi connectivity index (χ4v) is 4.03. The maximum Gasteiger partial charge on any atom is 0.416 e. The average molecular weight is 433 g/mol. The van der Waals surface area contributed by atoms with Gasteiger partial charge in [-0.25, -0.2) is 4.79 Å². The molecule has 1 heterocycles. The van der Waals surface area contributed by atoms with E-state index in [4.69, 9.17) is 4.74 Å². The first-order chi connectivity index (χ1) is 14.2. The number of benzene rings is 2. The number of carbonyl (C=O) groups excluding carboxylic acids is 2. The van der Waals surface area contributed by atoms with Crippen molar-refractivity contribution in [2.45, 2.75) is 20.0 Å². The number of hydrogen-bond acceptors (Lipinski definition) is 4. The van der Waals surface area contributed by atoms with Gasteiger partial charge in [0.1, 0.15) is 10.6 Å². The third-order valence-corrected chi connectivity index (χ3v) is 5.35. The van der Waals surface area contributed by atoms with Crippen LogP contribution in [0.15, 0.2) is 54.6 Å². The first-order valence-electron chi connectivity index (χ1n) is 9.07. The largest absolute Gasteiger partial charge is 0.462 e. The first kappa shape index (κ1) is 21.6. The second-order valence-electron chi connectivity index (χ2n) is 6.35. The molecular formula is C22H18F3NO3S. The number of hydrogen-bond donors (Lipinski definition) is 1. The topological polar surface area (TPSA) is 55.4 Å². The summed E-state index contributed by atoms with van der Waals surface area (Å²) in [4.78, 5) is 26.1. The van der Waals surface area contributed by atoms with E-state index in [9.17, 15) is 22.8 Å². The Kier molecular flexibility index (Phi) is 6.26. The van der Waals surface area contributed by atoms with Crippen LogP contribution in [0.25, 0.3) is 11.1 Å². The van der Waals surface area contributed by atoms with Gasteiger partial charge in [-0.1, -0.05) is 30.3 Å². The van der Waals surface area contributed by atoms with Crippen molar-refractivity contribution in [3.05, 3.63) is 76.2 Å². The molecule has 30 heavy (non-hydrogen) atoms. The van der Waals surface area contributed by atoms with Gasteiger partial charge in [0.25, 0.3) is 5.91 Å². The molecule has 156 valence electrons. The van der Waals surface area contributed by atoms with Crippen LogP contribution in [0.1, 0.15) is 38.1 Å². The smallest absolute Gasteiger partial charge is 0.416 e. The number of aryl methyl sites for hydroxylation is 1. The number of alkyl halides is 3. The standard InChI is InChI=1S/C22H18F3NO3S/c1-3-29-21(28)18-17(14-7-5-4-6-8-14)13(2)30-20(18)26-19(27)15-9-11-16(12-10-15)22(23,24)25/h4-12H,3H2,1-2H3,(H,26,27). The van der Waals surface area contributed by atoms with E-state index in [1.807, 2.05) is 37.3 Å². The molecule has 3 rings (SSSR count). The van der Waals surface area contributed by atoms with E-state index in [1.54, 1.807) is 6.92 Å². The number of carbonyl (C=O) groups is 2. The second kappa shape index (κ2) is 8.71. The third kappa shape index (κ3) is 4.54. The molecule has 1 N–H and O–H groups in total. The van der Waals surface area contributed by atoms with E-state index in [0.717, 1.165) is 34.7 Å². The van der Waals surface area contributed by atoms with E-state index < -0.39 is 23.6 Å². The number of halogens is 3. The molecule has 3 aromatic rings. The van der Waals surface area contributed by atoms with Crippen molar-refractivity contribution in [3.63, 3.8) is 0 Å². The molecule has 4 nitrogen and oxygen atoms in total. The summed E-state index contributed by atoms with van der Waals surface area (Å²) in [5, 5.41) is 2.94. The molecule has 0 unspecified atom stereocenters. The third-order valence-electron chi connectivity index (χ3n) is 4.33. The normalized spacial score (nSPS) is 11.2. The molecule has 0 fully saturated rings. The number of ether oxygens (including phenoxy) is 1. The second-order valence-corrected chi connectivity index (χ2v) is 7.58. The molecule has 0 aliphatic rings. The SMILES string of the molecule is CCOC(=O)c1c(NC(=O)c2ccc(C(F)(F)F)cc2)sc(C)c1-c1ccccc1. The summed E-state index contributed by atoms with van der Waals surface area (Å²) in [5.41, 5.74) is 0.881. The summed E-state index contributed by atoms with van der Waals surface area (Å²) < 4.78 is 43.4. The highest BCUT2D eigenvalue weighted by molar-refractivity contribution is 7.17. The Morgan fingerprint density at radius 1 is 1.03 bits per heavy atom. The summed E-state index contributed by atoms with van der Waals surface area (Å²) in [5.74, 6) is -1.20. The highest BCUT2D eigenvalue weighted by Gasteiger charge is 2.30. The quantitative estimate of drug-likeness (QED) is 0.490. The molecule has 0 atom stereocenters. The van der Waals surface area contributed by atoms with Crippen LogP contribution in [-0.4, -0.2) is 18.5 Å². The van der Waals surface area contributed by atoms with Crippen LogP contribution in [0.2, 0.25) is 0 Å². The van der Waals surface area contributed by atoms with E-state index in [1.165, 1.54) is 11.3 Å². The molecule has 0 spiro atoms. The maximum absolute atomic E-state index is 12.7. The van der Waals surface area contributed by atoms with Gasteiger partial charge in [-0.05, 0) is 43.7 Å². The van der Waals surface area contributed by atoms with Gasteiger partial charge in [0, 0.05) is 16.0 Å². The zero-order valence-electron chi connectivity index (χ0n) is 16.2.